The molecule has 2 aliphatic rings. The van der Waals surface area contributed by atoms with Crippen molar-refractivity contribution in [3.05, 3.63) is 24.0 Å². The SMILES string of the molecule is COC1CC(Oc2ccc(C#CC(C)(C)CC(C)(C)COC3CCN(C)CC3)nc2)C1. The first-order chi connectivity index (χ1) is 14.6. The van der Waals surface area contributed by atoms with Crippen LogP contribution in [0.3, 0.4) is 0 Å². The zero-order valence-electron chi connectivity index (χ0n) is 20.2. The van der Waals surface area contributed by atoms with Gasteiger partial charge in [0.05, 0.1) is 25.0 Å². The lowest BCUT2D eigenvalue weighted by atomic mass is 9.76. The lowest BCUT2D eigenvalue weighted by Gasteiger charge is -2.35. The molecular weight excluding hydrogens is 388 g/mol. The van der Waals surface area contributed by atoms with Gasteiger partial charge in [-0.2, -0.15) is 0 Å². The Labute approximate surface area is 188 Å². The minimum absolute atomic E-state index is 0.0789. The molecule has 0 radical (unpaired) electrons. The summed E-state index contributed by atoms with van der Waals surface area (Å²) in [7, 11) is 3.93. The van der Waals surface area contributed by atoms with Crippen LogP contribution in [0.1, 0.15) is 65.5 Å². The highest BCUT2D eigenvalue weighted by Gasteiger charge is 2.31. The molecule has 0 aromatic carbocycles. The maximum absolute atomic E-state index is 6.27. The third kappa shape index (κ3) is 7.79. The van der Waals surface area contributed by atoms with E-state index in [4.69, 9.17) is 14.2 Å². The number of hydrogen-bond acceptors (Lipinski definition) is 5. The Balaban J connectivity index is 1.47. The molecule has 0 spiro atoms. The van der Waals surface area contributed by atoms with Gasteiger partial charge in [-0.1, -0.05) is 19.8 Å². The van der Waals surface area contributed by atoms with Gasteiger partial charge in [-0.3, -0.25) is 0 Å². The van der Waals surface area contributed by atoms with Crippen LogP contribution in [-0.2, 0) is 9.47 Å². The van der Waals surface area contributed by atoms with Crippen molar-refractivity contribution in [2.75, 3.05) is 33.9 Å². The average molecular weight is 429 g/mol. The molecule has 3 rings (SSSR count). The van der Waals surface area contributed by atoms with Gasteiger partial charge in [0, 0.05) is 38.5 Å². The van der Waals surface area contributed by atoms with Crippen LogP contribution in [0.4, 0.5) is 0 Å². The molecule has 1 aliphatic carbocycles. The van der Waals surface area contributed by atoms with Gasteiger partial charge in [0.25, 0.3) is 0 Å². The molecule has 1 saturated heterocycles. The zero-order valence-corrected chi connectivity index (χ0v) is 20.2. The predicted molar refractivity (Wildman–Crippen MR) is 124 cm³/mol. The monoisotopic (exact) mass is 428 g/mol. The normalized spacial score (nSPS) is 23.0. The largest absolute Gasteiger partial charge is 0.489 e. The molecule has 1 saturated carbocycles. The van der Waals surface area contributed by atoms with Crippen LogP contribution < -0.4 is 4.74 Å². The van der Waals surface area contributed by atoms with E-state index in [-0.39, 0.29) is 16.9 Å². The zero-order chi connectivity index (χ0) is 22.5. The quantitative estimate of drug-likeness (QED) is 0.569. The van der Waals surface area contributed by atoms with E-state index in [1.165, 1.54) is 0 Å². The molecule has 1 aliphatic heterocycles. The maximum Gasteiger partial charge on any atom is 0.138 e. The Morgan fingerprint density at radius 2 is 1.77 bits per heavy atom. The number of nitrogens with zero attached hydrogens (tertiary/aromatic N) is 2. The number of hydrogen-bond donors (Lipinski definition) is 0. The fourth-order valence-electron chi connectivity index (χ4n) is 4.54. The molecule has 0 atom stereocenters. The summed E-state index contributed by atoms with van der Waals surface area (Å²) in [6.45, 7) is 12.0. The van der Waals surface area contributed by atoms with E-state index in [9.17, 15) is 0 Å². The van der Waals surface area contributed by atoms with Crippen LogP contribution in [0.15, 0.2) is 18.3 Å². The fourth-order valence-corrected chi connectivity index (χ4v) is 4.54. The second-order valence-electron chi connectivity index (χ2n) is 10.7. The second kappa shape index (κ2) is 10.3. The van der Waals surface area contributed by atoms with Crippen LogP contribution in [0, 0.1) is 22.7 Å². The number of ether oxygens (including phenoxy) is 3. The lowest BCUT2D eigenvalue weighted by molar-refractivity contribution is -0.0382. The molecule has 0 bridgehead atoms. The molecule has 0 amide bonds. The van der Waals surface area contributed by atoms with E-state index < -0.39 is 0 Å². The van der Waals surface area contributed by atoms with Crippen LogP contribution in [-0.4, -0.2) is 62.0 Å². The first-order valence-corrected chi connectivity index (χ1v) is 11.6. The van der Waals surface area contributed by atoms with Gasteiger partial charge in [-0.15, -0.1) is 0 Å². The highest BCUT2D eigenvalue weighted by atomic mass is 16.5. The van der Waals surface area contributed by atoms with Crippen molar-refractivity contribution in [1.29, 1.82) is 0 Å². The standard InChI is InChI=1S/C26H40N2O3/c1-25(2,18-26(3,4)19-30-21-10-13-28(5)14-11-21)12-9-20-7-8-22(17-27-20)31-24-15-23(16-24)29-6/h7-8,17,21,23-24H,10-11,13-16,18-19H2,1-6H3. The van der Waals surface area contributed by atoms with Crippen LogP contribution >= 0.6 is 0 Å². The highest BCUT2D eigenvalue weighted by molar-refractivity contribution is 5.32. The number of methoxy groups -OCH3 is 1. The third-order valence-corrected chi connectivity index (χ3v) is 6.25. The summed E-state index contributed by atoms with van der Waals surface area (Å²) in [4.78, 5) is 6.85. The highest BCUT2D eigenvalue weighted by Crippen LogP contribution is 2.34. The summed E-state index contributed by atoms with van der Waals surface area (Å²) in [5.41, 5.74) is 0.747. The summed E-state index contributed by atoms with van der Waals surface area (Å²) in [6, 6.07) is 3.91. The number of piperidine rings is 1. The number of rotatable bonds is 8. The van der Waals surface area contributed by atoms with E-state index in [0.717, 1.165) is 63.2 Å². The predicted octanol–water partition coefficient (Wildman–Crippen LogP) is 4.54. The molecule has 1 aromatic rings. The second-order valence-corrected chi connectivity index (χ2v) is 10.7. The molecule has 1 aromatic heterocycles. The molecule has 5 nitrogen and oxygen atoms in total. The van der Waals surface area contributed by atoms with Gasteiger partial charge in [-0.25, -0.2) is 4.98 Å². The Kier molecular flexibility index (Phi) is 8.02. The number of likely N-dealkylation sites (tertiary alicyclic amines) is 1. The minimum atomic E-state index is -0.114. The van der Waals surface area contributed by atoms with Crippen LogP contribution in [0.5, 0.6) is 5.75 Å². The van der Waals surface area contributed by atoms with Crippen molar-refractivity contribution >= 4 is 0 Å². The van der Waals surface area contributed by atoms with Crippen molar-refractivity contribution in [3.8, 4) is 17.6 Å². The summed E-state index contributed by atoms with van der Waals surface area (Å²) in [6.07, 6.45) is 7.89. The van der Waals surface area contributed by atoms with Gasteiger partial charge in [0.1, 0.15) is 17.5 Å². The number of aromatic nitrogens is 1. The molecule has 172 valence electrons. The fraction of sp³-hybridized carbons (Fsp3) is 0.731. The van der Waals surface area contributed by atoms with Crippen LogP contribution in [0.25, 0.3) is 0 Å². The van der Waals surface area contributed by atoms with E-state index in [2.05, 4.69) is 56.5 Å². The molecule has 0 N–H and O–H groups in total. The summed E-state index contributed by atoms with van der Waals surface area (Å²) in [5.74, 6) is 7.50. The Morgan fingerprint density at radius 3 is 2.39 bits per heavy atom. The molecular formula is C26H40N2O3. The molecule has 2 fully saturated rings. The van der Waals surface area contributed by atoms with Crippen molar-refractivity contribution < 1.29 is 14.2 Å². The van der Waals surface area contributed by atoms with Crippen molar-refractivity contribution in [3.63, 3.8) is 0 Å². The summed E-state index contributed by atoms with van der Waals surface area (Å²) >= 11 is 0. The smallest absolute Gasteiger partial charge is 0.138 e. The van der Waals surface area contributed by atoms with Gasteiger partial charge < -0.3 is 19.1 Å². The summed E-state index contributed by atoms with van der Waals surface area (Å²) < 4.78 is 17.5. The van der Waals surface area contributed by atoms with E-state index in [1.807, 2.05) is 12.1 Å². The van der Waals surface area contributed by atoms with Crippen molar-refractivity contribution in [2.24, 2.45) is 10.8 Å². The van der Waals surface area contributed by atoms with Crippen molar-refractivity contribution in [1.82, 2.24) is 9.88 Å². The summed E-state index contributed by atoms with van der Waals surface area (Å²) in [5, 5.41) is 0. The molecule has 0 unspecified atom stereocenters. The first-order valence-electron chi connectivity index (χ1n) is 11.6. The first kappa shape index (κ1) is 24.0. The molecule has 2 heterocycles. The Bertz CT molecular complexity index is 749. The molecule has 31 heavy (non-hydrogen) atoms. The maximum atomic E-state index is 6.27. The minimum Gasteiger partial charge on any atom is -0.489 e. The van der Waals surface area contributed by atoms with Crippen molar-refractivity contribution in [2.45, 2.75) is 78.1 Å². The topological polar surface area (TPSA) is 43.8 Å². The van der Waals surface area contributed by atoms with Gasteiger partial charge in [0.2, 0.25) is 0 Å². The lowest BCUT2D eigenvalue weighted by Crippen LogP contribution is -2.38. The Morgan fingerprint density at radius 1 is 1.06 bits per heavy atom. The third-order valence-electron chi connectivity index (χ3n) is 6.25. The van der Waals surface area contributed by atoms with E-state index in [1.54, 1.807) is 13.3 Å². The van der Waals surface area contributed by atoms with E-state index >= 15 is 0 Å². The molecule has 5 heteroatoms. The Hall–Kier alpha value is -1.61. The van der Waals surface area contributed by atoms with Gasteiger partial charge in [0.15, 0.2) is 0 Å². The van der Waals surface area contributed by atoms with Gasteiger partial charge >= 0.3 is 0 Å². The van der Waals surface area contributed by atoms with Gasteiger partial charge in [-0.05, 0) is 63.6 Å². The number of pyridine rings is 1. The van der Waals surface area contributed by atoms with Crippen LogP contribution in [0.2, 0.25) is 0 Å². The van der Waals surface area contributed by atoms with E-state index in [0.29, 0.717) is 12.2 Å². The average Bonchev–Trinajstić information content (AvgIpc) is 2.68.